The Morgan fingerprint density at radius 3 is 2.65 bits per heavy atom. The molecule has 20 heavy (non-hydrogen) atoms. The number of hydrogen-bond donors (Lipinski definition) is 1. The van der Waals surface area contributed by atoms with Gasteiger partial charge in [-0.25, -0.2) is 0 Å². The van der Waals surface area contributed by atoms with E-state index in [2.05, 4.69) is 0 Å². The average Bonchev–Trinajstić information content (AvgIpc) is 2.43. The van der Waals surface area contributed by atoms with Crippen molar-refractivity contribution < 1.29 is 9.59 Å². The number of amides is 2. The van der Waals surface area contributed by atoms with E-state index < -0.39 is 0 Å². The zero-order valence-electron chi connectivity index (χ0n) is 12.1. The van der Waals surface area contributed by atoms with E-state index in [0.29, 0.717) is 31.6 Å². The number of rotatable bonds is 4. The first-order valence-electron chi connectivity index (χ1n) is 7.03. The average molecular weight is 275 g/mol. The van der Waals surface area contributed by atoms with Gasteiger partial charge in [0.05, 0.1) is 0 Å². The molecule has 0 aromatic heterocycles. The van der Waals surface area contributed by atoms with E-state index in [1.54, 1.807) is 15.9 Å². The van der Waals surface area contributed by atoms with Crippen LogP contribution in [0.4, 0.5) is 11.4 Å². The number of nitrogens with zero attached hydrogens (tertiary/aromatic N) is 2. The second-order valence-electron chi connectivity index (χ2n) is 4.93. The summed E-state index contributed by atoms with van der Waals surface area (Å²) in [7, 11) is 0. The van der Waals surface area contributed by atoms with Gasteiger partial charge in [-0.1, -0.05) is 0 Å². The number of benzene rings is 1. The Bertz CT molecular complexity index is 524. The van der Waals surface area contributed by atoms with E-state index in [9.17, 15) is 9.59 Å². The lowest BCUT2D eigenvalue weighted by Gasteiger charge is -2.31. The maximum Gasteiger partial charge on any atom is 0.242 e. The predicted molar refractivity (Wildman–Crippen MR) is 79.5 cm³/mol. The van der Waals surface area contributed by atoms with Crippen molar-refractivity contribution in [2.24, 2.45) is 0 Å². The zero-order valence-corrected chi connectivity index (χ0v) is 12.1. The minimum Gasteiger partial charge on any atom is -0.399 e. The van der Waals surface area contributed by atoms with Crippen LogP contribution in [0.25, 0.3) is 0 Å². The van der Waals surface area contributed by atoms with Crippen LogP contribution < -0.4 is 10.6 Å². The van der Waals surface area contributed by atoms with E-state index in [4.69, 9.17) is 5.73 Å². The highest BCUT2D eigenvalue weighted by Gasteiger charge is 2.27. The fourth-order valence-corrected chi connectivity index (χ4v) is 2.56. The van der Waals surface area contributed by atoms with Crippen LogP contribution >= 0.6 is 0 Å². The maximum atomic E-state index is 12.2. The van der Waals surface area contributed by atoms with Crippen molar-refractivity contribution in [2.75, 3.05) is 30.3 Å². The van der Waals surface area contributed by atoms with Gasteiger partial charge in [0.2, 0.25) is 11.8 Å². The van der Waals surface area contributed by atoms with Crippen LogP contribution in [-0.4, -0.2) is 36.3 Å². The van der Waals surface area contributed by atoms with Crippen molar-refractivity contribution in [3.05, 3.63) is 23.8 Å². The number of hydrogen-bond acceptors (Lipinski definition) is 3. The highest BCUT2D eigenvalue weighted by Crippen LogP contribution is 2.29. The largest absolute Gasteiger partial charge is 0.399 e. The Morgan fingerprint density at radius 1 is 1.30 bits per heavy atom. The Morgan fingerprint density at radius 2 is 2.00 bits per heavy atom. The van der Waals surface area contributed by atoms with Crippen LogP contribution in [0.2, 0.25) is 0 Å². The van der Waals surface area contributed by atoms with Gasteiger partial charge in [0.25, 0.3) is 0 Å². The molecular weight excluding hydrogens is 254 g/mol. The van der Waals surface area contributed by atoms with Crippen molar-refractivity contribution in [3.63, 3.8) is 0 Å². The summed E-state index contributed by atoms with van der Waals surface area (Å²) in [5, 5.41) is 0. The molecule has 2 N–H and O–H groups in total. The Labute approximate surface area is 119 Å². The number of nitrogens with two attached hydrogens (primary N) is 1. The van der Waals surface area contributed by atoms with E-state index in [1.807, 2.05) is 26.0 Å². The molecule has 2 amide bonds. The SMILES string of the molecule is CCN(CC)C(=O)CN1C(=O)CCc2cc(N)ccc21. The summed E-state index contributed by atoms with van der Waals surface area (Å²) >= 11 is 0. The van der Waals surface area contributed by atoms with Crippen molar-refractivity contribution in [2.45, 2.75) is 26.7 Å². The summed E-state index contributed by atoms with van der Waals surface area (Å²) in [5.41, 5.74) is 8.32. The van der Waals surface area contributed by atoms with Crippen LogP contribution in [0.3, 0.4) is 0 Å². The molecule has 2 rings (SSSR count). The first kappa shape index (κ1) is 14.4. The quantitative estimate of drug-likeness (QED) is 0.845. The normalized spacial score (nSPS) is 14.1. The molecule has 108 valence electrons. The second-order valence-corrected chi connectivity index (χ2v) is 4.93. The second kappa shape index (κ2) is 5.94. The molecule has 1 aliphatic rings. The minimum atomic E-state index is -0.0203. The van der Waals surface area contributed by atoms with Crippen LogP contribution in [0.15, 0.2) is 18.2 Å². The topological polar surface area (TPSA) is 66.6 Å². The van der Waals surface area contributed by atoms with E-state index in [0.717, 1.165) is 11.3 Å². The summed E-state index contributed by atoms with van der Waals surface area (Å²) in [6.07, 6.45) is 1.12. The molecule has 1 heterocycles. The van der Waals surface area contributed by atoms with E-state index in [1.165, 1.54) is 0 Å². The molecule has 5 heteroatoms. The lowest BCUT2D eigenvalue weighted by atomic mass is 10.0. The Kier molecular flexibility index (Phi) is 4.27. The van der Waals surface area contributed by atoms with Crippen molar-refractivity contribution in [1.29, 1.82) is 0 Å². The maximum absolute atomic E-state index is 12.2. The molecule has 5 nitrogen and oxygen atoms in total. The van der Waals surface area contributed by atoms with Gasteiger partial charge in [-0.15, -0.1) is 0 Å². The minimum absolute atomic E-state index is 0.00257. The predicted octanol–water partition coefficient (Wildman–Crippen LogP) is 1.42. The van der Waals surface area contributed by atoms with Crippen LogP contribution in [0.5, 0.6) is 0 Å². The molecule has 0 saturated carbocycles. The van der Waals surface area contributed by atoms with Gasteiger partial charge in [0, 0.05) is 30.9 Å². The molecule has 0 fully saturated rings. The number of aryl methyl sites for hydroxylation is 1. The van der Waals surface area contributed by atoms with Crippen LogP contribution in [0, 0.1) is 0 Å². The third kappa shape index (κ3) is 2.76. The molecule has 1 aromatic carbocycles. The van der Waals surface area contributed by atoms with Crippen molar-refractivity contribution >= 4 is 23.2 Å². The smallest absolute Gasteiger partial charge is 0.242 e. The van der Waals surface area contributed by atoms with Crippen LogP contribution in [-0.2, 0) is 16.0 Å². The van der Waals surface area contributed by atoms with Gasteiger partial charge >= 0.3 is 0 Å². The molecule has 0 aliphatic carbocycles. The lowest BCUT2D eigenvalue weighted by molar-refractivity contribution is -0.131. The van der Waals surface area contributed by atoms with Gasteiger partial charge in [-0.2, -0.15) is 0 Å². The Hall–Kier alpha value is -2.04. The summed E-state index contributed by atoms with van der Waals surface area (Å²) < 4.78 is 0. The van der Waals surface area contributed by atoms with Gasteiger partial charge in [-0.3, -0.25) is 9.59 Å². The molecule has 1 aliphatic heterocycles. The number of carbonyl (C=O) groups is 2. The lowest BCUT2D eigenvalue weighted by Crippen LogP contribution is -2.44. The first-order valence-corrected chi connectivity index (χ1v) is 7.03. The monoisotopic (exact) mass is 275 g/mol. The summed E-state index contributed by atoms with van der Waals surface area (Å²) in [6, 6.07) is 5.49. The zero-order chi connectivity index (χ0) is 14.7. The van der Waals surface area contributed by atoms with Gasteiger partial charge in [-0.05, 0) is 44.0 Å². The number of anilines is 2. The number of fused-ring (bicyclic) bond motifs is 1. The summed E-state index contributed by atoms with van der Waals surface area (Å²) in [5.74, 6) is -0.0178. The van der Waals surface area contributed by atoms with Crippen molar-refractivity contribution in [3.8, 4) is 0 Å². The molecular formula is C15H21N3O2. The van der Waals surface area contributed by atoms with E-state index in [-0.39, 0.29) is 18.4 Å². The fraction of sp³-hybridized carbons (Fsp3) is 0.467. The standard InChI is InChI=1S/C15H21N3O2/c1-3-17(4-2)15(20)10-18-13-7-6-12(16)9-11(13)5-8-14(18)19/h6-7,9H,3-5,8,10,16H2,1-2H3. The molecule has 0 saturated heterocycles. The molecule has 1 aromatic rings. The molecule has 0 unspecified atom stereocenters. The summed E-state index contributed by atoms with van der Waals surface area (Å²) in [6.45, 7) is 5.30. The molecule has 0 bridgehead atoms. The third-order valence-electron chi connectivity index (χ3n) is 3.71. The highest BCUT2D eigenvalue weighted by molar-refractivity contribution is 6.01. The van der Waals surface area contributed by atoms with Gasteiger partial charge < -0.3 is 15.5 Å². The summed E-state index contributed by atoms with van der Waals surface area (Å²) in [4.78, 5) is 27.6. The van der Waals surface area contributed by atoms with Gasteiger partial charge in [0.15, 0.2) is 0 Å². The van der Waals surface area contributed by atoms with Crippen molar-refractivity contribution in [1.82, 2.24) is 4.90 Å². The highest BCUT2D eigenvalue weighted by atomic mass is 16.2. The number of likely N-dealkylation sites (N-methyl/N-ethyl adjacent to an activating group) is 1. The Balaban J connectivity index is 2.24. The first-order chi connectivity index (χ1) is 9.56. The fourth-order valence-electron chi connectivity index (χ4n) is 2.56. The number of nitrogen functional groups attached to an aromatic ring is 1. The third-order valence-corrected chi connectivity index (χ3v) is 3.71. The molecule has 0 spiro atoms. The number of carbonyl (C=O) groups excluding carboxylic acids is 2. The molecule has 0 radical (unpaired) electrons. The molecule has 0 atom stereocenters. The van der Waals surface area contributed by atoms with Crippen LogP contribution in [0.1, 0.15) is 25.8 Å². The van der Waals surface area contributed by atoms with Gasteiger partial charge in [0.1, 0.15) is 6.54 Å². The van der Waals surface area contributed by atoms with E-state index >= 15 is 0 Å².